The summed E-state index contributed by atoms with van der Waals surface area (Å²) < 4.78 is 0. The van der Waals surface area contributed by atoms with E-state index in [9.17, 15) is 0 Å². The van der Waals surface area contributed by atoms with Crippen LogP contribution in [0.2, 0.25) is 0 Å². The lowest BCUT2D eigenvalue weighted by atomic mass is 9.85. The molecule has 0 atom stereocenters. The molecule has 0 aliphatic carbocycles. The van der Waals surface area contributed by atoms with Crippen molar-refractivity contribution in [1.82, 2.24) is 0 Å². The smallest absolute Gasteiger partial charge is 0.0623 e. The molecule has 0 saturated heterocycles. The number of rotatable bonds is 16. The maximum absolute atomic E-state index is 2.67. The summed E-state index contributed by atoms with van der Waals surface area (Å²) in [5.41, 5.74) is 14.2. The summed E-state index contributed by atoms with van der Waals surface area (Å²) >= 11 is 0. The Morgan fingerprint density at radius 2 is 0.370 bits per heavy atom. The fraction of sp³-hybridized carbons (Fsp3) is 0. The second kappa shape index (κ2) is 25.7. The summed E-state index contributed by atoms with van der Waals surface area (Å²) in [5.74, 6) is 0. The van der Waals surface area contributed by atoms with Crippen molar-refractivity contribution in [3.8, 4) is 22.3 Å². The van der Waals surface area contributed by atoms with Crippen molar-refractivity contribution >= 4 is 102 Å². The van der Waals surface area contributed by atoms with E-state index in [0.29, 0.717) is 0 Å². The molecule has 0 aliphatic rings. The van der Waals surface area contributed by atoms with E-state index in [1.54, 1.807) is 0 Å². The highest BCUT2D eigenvalue weighted by Gasteiger charge is 2.42. The molecule has 0 saturated carbocycles. The van der Waals surface area contributed by atoms with Crippen LogP contribution in [-0.2, 0) is 0 Å². The Balaban J connectivity index is 0.781. The molecule has 0 radical (unpaired) electrons. The lowest BCUT2D eigenvalue weighted by molar-refractivity contribution is 1.54. The van der Waals surface area contributed by atoms with Gasteiger partial charge in [-0.25, -0.2) is 0 Å². The lowest BCUT2D eigenvalue weighted by Gasteiger charge is -2.34. The first-order valence-corrected chi connectivity index (χ1v) is 35.9. The highest BCUT2D eigenvalue weighted by atomic mass is 28.3. The molecule has 0 aromatic heterocycles. The minimum Gasteiger partial charge on any atom is -0.0623 e. The summed E-state index contributed by atoms with van der Waals surface area (Å²) in [6.07, 6.45) is 4.73. The van der Waals surface area contributed by atoms with Crippen molar-refractivity contribution in [3.05, 3.63) is 422 Å². The first-order chi connectivity index (χ1) is 45.6. The van der Waals surface area contributed by atoms with Crippen LogP contribution in [0.1, 0.15) is 33.4 Å². The van der Waals surface area contributed by atoms with Crippen LogP contribution in [0.3, 0.4) is 0 Å². The molecule has 434 valence electrons. The van der Waals surface area contributed by atoms with Gasteiger partial charge in [0, 0.05) is 0 Å². The molecule has 0 amide bonds. The first-order valence-electron chi connectivity index (χ1n) is 31.9. The average molecular weight is 1200 g/mol. The maximum atomic E-state index is 2.39. The monoisotopic (exact) mass is 1200 g/mol. The zero-order chi connectivity index (χ0) is 61.5. The van der Waals surface area contributed by atoms with Crippen LogP contribution in [0.25, 0.3) is 67.1 Å². The van der Waals surface area contributed by atoms with Crippen LogP contribution in [0.4, 0.5) is 0 Å². The Kier molecular flexibility index (Phi) is 16.0. The standard InChI is InChI=1S/C90H66Si2/c1-9-29-69(30-10-1)87(65-67-49-61-81(62-50-67)91(75-33-13-3-14-34-75,76-35-15-4-16-36-76)77-37-17-5-18-38-77)71-53-57-73(58-54-71)89-83-45-25-27-47-85(83)90(86-48-28-26-46-84(86)89)74-59-55-72(56-60-74)88(70-31-11-2-12-32-70)66-68-51-63-82(64-52-68)92(78-39-19-6-20-40-78,79-41-21-7-22-42-79)80-43-23-8-24-44-80/h1-66H/b87-65+,88-66+. The lowest BCUT2D eigenvalue weighted by Crippen LogP contribution is -2.74. The van der Waals surface area contributed by atoms with Crippen molar-refractivity contribution in [2.75, 3.05) is 0 Å². The minimum absolute atomic E-state index is 1.15. The molecule has 0 unspecified atom stereocenters. The third-order valence-electron chi connectivity index (χ3n) is 18.6. The van der Waals surface area contributed by atoms with E-state index >= 15 is 0 Å². The topological polar surface area (TPSA) is 0 Å². The van der Waals surface area contributed by atoms with E-state index in [4.69, 9.17) is 0 Å². The molecule has 0 aliphatic heterocycles. The second-order valence-electron chi connectivity index (χ2n) is 23.8. The fourth-order valence-electron chi connectivity index (χ4n) is 14.4. The van der Waals surface area contributed by atoms with Gasteiger partial charge in [0.05, 0.1) is 0 Å². The Hall–Kier alpha value is -11.3. The van der Waals surface area contributed by atoms with Gasteiger partial charge in [-0.05, 0) is 142 Å². The molecule has 0 bridgehead atoms. The van der Waals surface area contributed by atoms with E-state index in [1.165, 1.54) is 108 Å². The Bertz CT molecular complexity index is 4460. The average Bonchev–Trinajstić information content (AvgIpc) is 0.767. The zero-order valence-electron chi connectivity index (χ0n) is 51.1. The number of hydrogen-bond donors (Lipinski definition) is 0. The predicted octanol–water partition coefficient (Wildman–Crippen LogP) is 17.3. The third kappa shape index (κ3) is 10.7. The van der Waals surface area contributed by atoms with Crippen molar-refractivity contribution in [3.63, 3.8) is 0 Å². The van der Waals surface area contributed by atoms with Crippen molar-refractivity contribution in [1.29, 1.82) is 0 Å². The van der Waals surface area contributed by atoms with E-state index in [2.05, 4.69) is 400 Å². The number of fused-ring (bicyclic) bond motifs is 2. The van der Waals surface area contributed by atoms with Crippen molar-refractivity contribution < 1.29 is 0 Å². The molecule has 0 heterocycles. The molecular formula is C90H66Si2. The molecule has 0 nitrogen and oxygen atoms in total. The molecule has 0 fully saturated rings. The summed E-state index contributed by atoms with van der Waals surface area (Å²) in [6.45, 7) is 0. The normalized spacial score (nSPS) is 12.0. The van der Waals surface area contributed by atoms with Gasteiger partial charge in [-0.1, -0.05) is 388 Å². The van der Waals surface area contributed by atoms with Gasteiger partial charge in [-0.15, -0.1) is 0 Å². The quantitative estimate of drug-likeness (QED) is 0.0391. The highest BCUT2D eigenvalue weighted by Crippen LogP contribution is 2.44. The van der Waals surface area contributed by atoms with Crippen LogP contribution in [0, 0.1) is 0 Å². The van der Waals surface area contributed by atoms with Crippen molar-refractivity contribution in [2.24, 2.45) is 0 Å². The SMILES string of the molecule is C(=C(/c1ccccc1)c1ccc(-c2c3ccccc3c(-c3ccc(/C(=C/c4ccc([Si](c5ccccc5)(c5ccccc5)c5ccccc5)cc4)c4ccccc4)cc3)c3ccccc23)cc1)/c1ccc([Si](c2ccccc2)(c2ccccc2)c2ccccc2)cc1. The molecule has 15 aromatic rings. The first kappa shape index (κ1) is 57.2. The zero-order valence-corrected chi connectivity index (χ0v) is 53.1. The van der Waals surface area contributed by atoms with Gasteiger partial charge in [-0.3, -0.25) is 0 Å². The predicted molar refractivity (Wildman–Crippen MR) is 399 cm³/mol. The van der Waals surface area contributed by atoms with Gasteiger partial charge in [0.15, 0.2) is 16.1 Å². The van der Waals surface area contributed by atoms with Crippen LogP contribution < -0.4 is 41.5 Å². The molecule has 92 heavy (non-hydrogen) atoms. The van der Waals surface area contributed by atoms with Crippen LogP contribution in [0.15, 0.2) is 388 Å². The Morgan fingerprint density at radius 3 is 0.609 bits per heavy atom. The van der Waals surface area contributed by atoms with Gasteiger partial charge >= 0.3 is 0 Å². The largest absolute Gasteiger partial charge is 0.179 e. The number of benzene rings is 15. The van der Waals surface area contributed by atoms with Crippen LogP contribution in [-0.4, -0.2) is 16.1 Å². The molecule has 0 N–H and O–H groups in total. The highest BCUT2D eigenvalue weighted by molar-refractivity contribution is 7.20. The van der Waals surface area contributed by atoms with E-state index < -0.39 is 16.1 Å². The van der Waals surface area contributed by atoms with Crippen LogP contribution >= 0.6 is 0 Å². The Morgan fingerprint density at radius 1 is 0.174 bits per heavy atom. The van der Waals surface area contributed by atoms with Crippen molar-refractivity contribution in [2.45, 2.75) is 0 Å². The van der Waals surface area contributed by atoms with Gasteiger partial charge in [0.25, 0.3) is 0 Å². The second-order valence-corrected chi connectivity index (χ2v) is 31.4. The van der Waals surface area contributed by atoms with Gasteiger partial charge < -0.3 is 0 Å². The van der Waals surface area contributed by atoms with E-state index in [-0.39, 0.29) is 0 Å². The Labute approximate surface area is 542 Å². The maximum Gasteiger partial charge on any atom is 0.179 e. The van der Waals surface area contributed by atoms with Crippen LogP contribution in [0.5, 0.6) is 0 Å². The minimum atomic E-state index is -2.67. The third-order valence-corrected chi connectivity index (χ3v) is 28.2. The molecular weight excluding hydrogens is 1140 g/mol. The van der Waals surface area contributed by atoms with E-state index in [1.807, 2.05) is 0 Å². The summed E-state index contributed by atoms with van der Waals surface area (Å²) in [6, 6.07) is 144. The van der Waals surface area contributed by atoms with Gasteiger partial charge in [0.1, 0.15) is 0 Å². The van der Waals surface area contributed by atoms with Gasteiger partial charge in [-0.2, -0.15) is 0 Å². The van der Waals surface area contributed by atoms with E-state index in [0.717, 1.165) is 22.3 Å². The summed E-state index contributed by atoms with van der Waals surface area (Å²) in [7, 11) is -5.34. The molecule has 15 aromatic carbocycles. The fourth-order valence-corrected chi connectivity index (χ4v) is 23.9. The summed E-state index contributed by atoms with van der Waals surface area (Å²) in [4.78, 5) is 0. The molecule has 15 rings (SSSR count). The number of hydrogen-bond acceptors (Lipinski definition) is 0. The van der Waals surface area contributed by atoms with Gasteiger partial charge in [0.2, 0.25) is 0 Å². The summed E-state index contributed by atoms with van der Waals surface area (Å²) in [5, 5.41) is 15.8. The molecule has 0 spiro atoms. The molecule has 2 heteroatoms.